The van der Waals surface area contributed by atoms with E-state index >= 15 is 0 Å². The van der Waals surface area contributed by atoms with Gasteiger partial charge in [-0.1, -0.05) is 37.3 Å². The van der Waals surface area contributed by atoms with Crippen LogP contribution in [0.1, 0.15) is 46.1 Å². The van der Waals surface area contributed by atoms with Crippen LogP contribution in [0.4, 0.5) is 4.79 Å². The van der Waals surface area contributed by atoms with Gasteiger partial charge in [0, 0.05) is 13.7 Å². The molecule has 1 fully saturated rings. The van der Waals surface area contributed by atoms with E-state index in [0.29, 0.717) is 18.8 Å². The van der Waals surface area contributed by atoms with Gasteiger partial charge in [0.15, 0.2) is 5.84 Å². The van der Waals surface area contributed by atoms with Crippen molar-refractivity contribution in [3.8, 4) is 0 Å². The average Bonchev–Trinajstić information content (AvgIpc) is 3.46. The molecule has 1 saturated heterocycles. The number of nitrogens with one attached hydrogen (secondary N) is 4. The van der Waals surface area contributed by atoms with Crippen molar-refractivity contribution in [1.82, 2.24) is 26.7 Å². The molecule has 4 N–H and O–H groups in total. The smallest absolute Gasteiger partial charge is 0.410 e. The third-order valence-electron chi connectivity index (χ3n) is 5.84. The Bertz CT molecular complexity index is 841. The fourth-order valence-corrected chi connectivity index (χ4v) is 4.27. The first-order valence-corrected chi connectivity index (χ1v) is 11.4. The van der Waals surface area contributed by atoms with Gasteiger partial charge in [-0.3, -0.25) is 10.2 Å². The normalized spacial score (nSPS) is 20.8. The molecule has 0 saturated carbocycles. The van der Waals surface area contributed by atoms with Gasteiger partial charge in [0.2, 0.25) is 5.91 Å². The molecule has 0 bridgehead atoms. The first-order chi connectivity index (χ1) is 15.7. The van der Waals surface area contributed by atoms with E-state index in [4.69, 9.17) is 9.47 Å². The second kappa shape index (κ2) is 10.8. The minimum Gasteiger partial charge on any atom is -0.444 e. The van der Waals surface area contributed by atoms with Crippen LogP contribution in [0.3, 0.4) is 0 Å². The molecule has 2 aliphatic heterocycles. The van der Waals surface area contributed by atoms with Crippen molar-refractivity contribution in [2.75, 3.05) is 13.7 Å². The number of ether oxygens (including phenoxy) is 2. The van der Waals surface area contributed by atoms with Gasteiger partial charge in [-0.2, -0.15) is 0 Å². The summed E-state index contributed by atoms with van der Waals surface area (Å²) in [7, 11) is 1.58. The van der Waals surface area contributed by atoms with E-state index in [1.54, 1.807) is 12.0 Å². The summed E-state index contributed by atoms with van der Waals surface area (Å²) in [5, 5.41) is 7.29. The van der Waals surface area contributed by atoms with Gasteiger partial charge in [0.25, 0.3) is 0 Å². The lowest BCUT2D eigenvalue weighted by molar-refractivity contribution is -0.131. The van der Waals surface area contributed by atoms with Crippen LogP contribution in [-0.2, 0) is 20.7 Å². The Labute approximate surface area is 195 Å². The fourth-order valence-electron chi connectivity index (χ4n) is 4.27. The Morgan fingerprint density at radius 3 is 2.61 bits per heavy atom. The van der Waals surface area contributed by atoms with Gasteiger partial charge in [0.05, 0.1) is 24.1 Å². The lowest BCUT2D eigenvalue weighted by Gasteiger charge is -2.35. The Kier molecular flexibility index (Phi) is 8.15. The Hall–Kier alpha value is -2.85. The highest BCUT2D eigenvalue weighted by Gasteiger charge is 2.41. The number of rotatable bonds is 8. The van der Waals surface area contributed by atoms with Crippen LogP contribution in [0.5, 0.6) is 0 Å². The molecule has 0 aromatic heterocycles. The monoisotopic (exact) mass is 460 g/mol. The number of benzene rings is 1. The molecule has 33 heavy (non-hydrogen) atoms. The number of nitrogens with zero attached hydrogens (tertiary/aromatic N) is 2. The maximum absolute atomic E-state index is 13.3. The number of hydrogen-bond donors (Lipinski definition) is 4. The summed E-state index contributed by atoms with van der Waals surface area (Å²) < 4.78 is 11.4. The van der Waals surface area contributed by atoms with Gasteiger partial charge in [0.1, 0.15) is 5.60 Å². The minimum atomic E-state index is -0.586. The zero-order valence-electron chi connectivity index (χ0n) is 20.1. The van der Waals surface area contributed by atoms with Gasteiger partial charge < -0.3 is 19.7 Å². The number of hydrazone groups is 1. The molecule has 0 unspecified atom stereocenters. The second-order valence-corrected chi connectivity index (χ2v) is 9.48. The van der Waals surface area contributed by atoms with Crippen LogP contribution in [0.2, 0.25) is 0 Å². The van der Waals surface area contributed by atoms with Gasteiger partial charge >= 0.3 is 6.09 Å². The molecule has 3 rings (SSSR count). The zero-order chi connectivity index (χ0) is 24.0. The Morgan fingerprint density at radius 2 is 2.00 bits per heavy atom. The van der Waals surface area contributed by atoms with Crippen molar-refractivity contribution in [2.45, 2.75) is 70.7 Å². The third kappa shape index (κ3) is 6.58. The van der Waals surface area contributed by atoms with Gasteiger partial charge in [-0.15, -0.1) is 10.6 Å². The van der Waals surface area contributed by atoms with Crippen LogP contribution in [0.15, 0.2) is 35.4 Å². The van der Waals surface area contributed by atoms with Crippen molar-refractivity contribution in [3.05, 3.63) is 35.9 Å². The van der Waals surface area contributed by atoms with Gasteiger partial charge in [-0.05, 0) is 45.6 Å². The molecule has 2 aliphatic rings. The maximum Gasteiger partial charge on any atom is 0.410 e. The zero-order valence-corrected chi connectivity index (χ0v) is 20.1. The van der Waals surface area contributed by atoms with Crippen LogP contribution in [0.25, 0.3) is 0 Å². The molecule has 0 spiro atoms. The highest BCUT2D eigenvalue weighted by molar-refractivity contribution is 5.92. The molecule has 0 radical (unpaired) electrons. The molecular weight excluding hydrogens is 424 g/mol. The standard InChI is InChI=1S/C23H36N6O4/c1-15(19(32-5)18-12-9-13-29(18)22(31)33-23(2,3)4)21(30)24-17(20-25-27-28-26-20)14-16-10-7-6-8-11-16/h6-8,10-11,15,17-19,27-28H,9,12-14H2,1-5H3,(H,24,30)(H,25,26)/t15-,17+,18+,19-/m1/s1. The van der Waals surface area contributed by atoms with Crippen LogP contribution >= 0.6 is 0 Å². The van der Waals surface area contributed by atoms with E-state index in [1.165, 1.54) is 0 Å². The number of hydrogen-bond acceptors (Lipinski definition) is 8. The van der Waals surface area contributed by atoms with E-state index in [9.17, 15) is 9.59 Å². The quantitative estimate of drug-likeness (QED) is 0.467. The number of amides is 2. The second-order valence-electron chi connectivity index (χ2n) is 9.48. The van der Waals surface area contributed by atoms with E-state index < -0.39 is 17.6 Å². The van der Waals surface area contributed by atoms with Crippen molar-refractivity contribution in [2.24, 2.45) is 11.0 Å². The number of likely N-dealkylation sites (tertiary alicyclic amines) is 1. The summed E-state index contributed by atoms with van der Waals surface area (Å²) in [6.07, 6.45) is 1.33. The molecule has 1 aromatic carbocycles. The molecule has 2 heterocycles. The van der Waals surface area contributed by atoms with Crippen molar-refractivity contribution >= 4 is 17.8 Å². The molecule has 0 aliphatic carbocycles. The summed E-state index contributed by atoms with van der Waals surface area (Å²) in [5.41, 5.74) is 8.79. The van der Waals surface area contributed by atoms with Crippen molar-refractivity contribution in [3.63, 3.8) is 0 Å². The van der Waals surface area contributed by atoms with E-state index in [0.717, 1.165) is 18.4 Å². The van der Waals surface area contributed by atoms with E-state index in [2.05, 4.69) is 26.9 Å². The molecule has 182 valence electrons. The number of methoxy groups -OCH3 is 1. The summed E-state index contributed by atoms with van der Waals surface area (Å²) in [6.45, 7) is 7.94. The van der Waals surface area contributed by atoms with Gasteiger partial charge in [-0.25, -0.2) is 10.3 Å². The molecule has 10 heteroatoms. The predicted octanol–water partition coefficient (Wildman–Crippen LogP) is 1.69. The van der Waals surface area contributed by atoms with Crippen molar-refractivity contribution in [1.29, 1.82) is 0 Å². The number of hydrazine groups is 2. The molecule has 2 amide bonds. The van der Waals surface area contributed by atoms with Crippen molar-refractivity contribution < 1.29 is 19.1 Å². The maximum atomic E-state index is 13.3. The van der Waals surface area contributed by atoms with Crippen LogP contribution < -0.4 is 21.8 Å². The third-order valence-corrected chi connectivity index (χ3v) is 5.84. The summed E-state index contributed by atoms with van der Waals surface area (Å²) in [6, 6.07) is 9.29. The minimum absolute atomic E-state index is 0.171. The number of carbonyl (C=O) groups excluding carboxylic acids is 2. The topological polar surface area (TPSA) is 116 Å². The Balaban J connectivity index is 1.70. The van der Waals surface area contributed by atoms with E-state index in [-0.39, 0.29) is 24.1 Å². The molecular formula is C23H36N6O4. The summed E-state index contributed by atoms with van der Waals surface area (Å²) in [5.74, 6) is -0.0796. The highest BCUT2D eigenvalue weighted by Crippen LogP contribution is 2.28. The number of carbonyl (C=O) groups is 2. The van der Waals surface area contributed by atoms with Crippen LogP contribution in [0, 0.1) is 5.92 Å². The number of amidine groups is 1. The average molecular weight is 461 g/mol. The predicted molar refractivity (Wildman–Crippen MR) is 125 cm³/mol. The largest absolute Gasteiger partial charge is 0.444 e. The first-order valence-electron chi connectivity index (χ1n) is 11.4. The molecule has 1 aromatic rings. The fraction of sp³-hybridized carbons (Fsp3) is 0.609. The summed E-state index contributed by atoms with van der Waals surface area (Å²) in [4.78, 5) is 27.8. The SMILES string of the molecule is CO[C@H]([C@@H](C)C(=O)N[C@@H](Cc1ccccc1)C1=NNNN1)[C@@H]1CCCN1C(=O)OC(C)(C)C. The first kappa shape index (κ1) is 24.8. The lowest BCUT2D eigenvalue weighted by Crippen LogP contribution is -2.54. The highest BCUT2D eigenvalue weighted by atomic mass is 16.6. The van der Waals surface area contributed by atoms with Crippen LogP contribution in [-0.4, -0.2) is 60.2 Å². The lowest BCUT2D eigenvalue weighted by atomic mass is 9.94. The molecule has 4 atom stereocenters. The summed E-state index contributed by atoms with van der Waals surface area (Å²) >= 11 is 0. The molecule has 10 nitrogen and oxygen atoms in total. The Morgan fingerprint density at radius 1 is 1.27 bits per heavy atom. The van der Waals surface area contributed by atoms with E-state index in [1.807, 2.05) is 58.0 Å².